The first-order valence-corrected chi connectivity index (χ1v) is 11.2. The number of amides is 1. The van der Waals surface area contributed by atoms with Crippen LogP contribution in [0.1, 0.15) is 23.1 Å². The van der Waals surface area contributed by atoms with E-state index in [-0.39, 0.29) is 5.91 Å². The van der Waals surface area contributed by atoms with Crippen molar-refractivity contribution < 1.29 is 4.79 Å². The van der Waals surface area contributed by atoms with Crippen LogP contribution >= 0.6 is 12.2 Å². The molecule has 0 atom stereocenters. The topological polar surface area (TPSA) is 81.0 Å². The van der Waals surface area contributed by atoms with E-state index in [1.165, 1.54) is 5.56 Å². The second-order valence-electron chi connectivity index (χ2n) is 8.09. The molecule has 0 saturated carbocycles. The zero-order valence-corrected chi connectivity index (χ0v) is 18.9. The summed E-state index contributed by atoms with van der Waals surface area (Å²) in [6.07, 6.45) is 0.391. The van der Waals surface area contributed by atoms with Crippen LogP contribution in [0.2, 0.25) is 0 Å². The number of aryl methyl sites for hydroxylation is 1. The van der Waals surface area contributed by atoms with Gasteiger partial charge in [-0.15, -0.1) is 0 Å². The highest BCUT2D eigenvalue weighted by Crippen LogP contribution is 2.19. The number of carbonyl (C=O) groups excluding carboxylic acids is 1. The van der Waals surface area contributed by atoms with Gasteiger partial charge in [-0.3, -0.25) is 19.4 Å². The largest absolute Gasteiger partial charge is 0.340 e. The quantitative estimate of drug-likeness (QED) is 0.586. The fraction of sp³-hybridized carbons (Fsp3) is 0.333. The molecule has 4 rings (SSSR count). The lowest BCUT2D eigenvalue weighted by atomic mass is 10.1. The lowest BCUT2D eigenvalue weighted by Gasteiger charge is -2.34. The first-order chi connectivity index (χ1) is 15.5. The number of piperazine rings is 1. The van der Waals surface area contributed by atoms with Crippen LogP contribution in [0, 0.1) is 23.0 Å². The summed E-state index contributed by atoms with van der Waals surface area (Å²) in [5, 5.41) is 16.2. The van der Waals surface area contributed by atoms with Crippen LogP contribution in [0.4, 0.5) is 0 Å². The summed E-state index contributed by atoms with van der Waals surface area (Å²) in [5.74, 6) is 0.903. The van der Waals surface area contributed by atoms with E-state index in [1.54, 1.807) is 0 Å². The fourth-order valence-corrected chi connectivity index (χ4v) is 4.22. The van der Waals surface area contributed by atoms with Gasteiger partial charge in [-0.1, -0.05) is 35.9 Å². The molecule has 8 heteroatoms. The van der Waals surface area contributed by atoms with Crippen LogP contribution in [-0.4, -0.2) is 56.7 Å². The van der Waals surface area contributed by atoms with Crippen LogP contribution in [0.5, 0.6) is 0 Å². The van der Waals surface area contributed by atoms with Gasteiger partial charge in [0.1, 0.15) is 0 Å². The van der Waals surface area contributed by atoms with E-state index in [2.05, 4.69) is 27.2 Å². The SMILES string of the molecule is Cc1cccc(-c2n[nH]c(=S)n2CCC(=O)N2CCN(Cc3ccc(C#N)cc3)CC2)c1. The molecule has 0 aliphatic carbocycles. The summed E-state index contributed by atoms with van der Waals surface area (Å²) in [4.78, 5) is 17.1. The Hall–Kier alpha value is -3.28. The fourth-order valence-electron chi connectivity index (χ4n) is 3.99. The Morgan fingerprint density at radius 3 is 2.59 bits per heavy atom. The van der Waals surface area contributed by atoms with E-state index in [4.69, 9.17) is 17.5 Å². The molecular weight excluding hydrogens is 420 g/mol. The molecule has 32 heavy (non-hydrogen) atoms. The maximum absolute atomic E-state index is 12.8. The Balaban J connectivity index is 1.31. The summed E-state index contributed by atoms with van der Waals surface area (Å²) in [7, 11) is 0. The number of carbonyl (C=O) groups is 1. The first-order valence-electron chi connectivity index (χ1n) is 10.7. The molecule has 3 aromatic rings. The van der Waals surface area contributed by atoms with Crippen molar-refractivity contribution in [2.75, 3.05) is 26.2 Å². The number of aromatic nitrogens is 3. The number of nitrogens with zero attached hydrogens (tertiary/aromatic N) is 5. The van der Waals surface area contributed by atoms with Gasteiger partial charge in [0.2, 0.25) is 5.91 Å². The van der Waals surface area contributed by atoms with Gasteiger partial charge >= 0.3 is 0 Å². The summed E-state index contributed by atoms with van der Waals surface area (Å²) in [5.41, 5.74) is 3.99. The van der Waals surface area contributed by atoms with Gasteiger partial charge in [-0.25, -0.2) is 0 Å². The number of aromatic amines is 1. The van der Waals surface area contributed by atoms with Crippen molar-refractivity contribution in [2.24, 2.45) is 0 Å². The molecule has 0 bridgehead atoms. The highest BCUT2D eigenvalue weighted by molar-refractivity contribution is 7.71. The number of H-pyrrole nitrogens is 1. The molecule has 0 unspecified atom stereocenters. The zero-order valence-electron chi connectivity index (χ0n) is 18.1. The number of benzene rings is 2. The maximum atomic E-state index is 12.8. The smallest absolute Gasteiger partial charge is 0.224 e. The normalized spacial score (nSPS) is 14.3. The van der Waals surface area contributed by atoms with Gasteiger partial charge in [0.05, 0.1) is 11.6 Å². The van der Waals surface area contributed by atoms with Gasteiger partial charge in [0.25, 0.3) is 0 Å². The number of hydrogen-bond donors (Lipinski definition) is 1. The van der Waals surface area contributed by atoms with Gasteiger partial charge in [0, 0.05) is 51.3 Å². The average molecular weight is 447 g/mol. The summed E-state index contributed by atoms with van der Waals surface area (Å²) in [6.45, 7) is 6.49. The van der Waals surface area contributed by atoms with E-state index in [0.29, 0.717) is 23.3 Å². The Morgan fingerprint density at radius 2 is 1.91 bits per heavy atom. The average Bonchev–Trinajstić information content (AvgIpc) is 3.18. The molecule has 7 nitrogen and oxygen atoms in total. The van der Waals surface area contributed by atoms with Gasteiger partial charge in [0.15, 0.2) is 10.6 Å². The number of hydrogen-bond acceptors (Lipinski definition) is 5. The summed E-state index contributed by atoms with van der Waals surface area (Å²) >= 11 is 5.40. The van der Waals surface area contributed by atoms with Gasteiger partial charge in [-0.05, 0) is 42.9 Å². The minimum absolute atomic E-state index is 0.140. The first kappa shape index (κ1) is 21.9. The Bertz CT molecular complexity index is 1180. The van der Waals surface area contributed by atoms with Crippen molar-refractivity contribution in [1.29, 1.82) is 5.26 Å². The molecule has 1 aliphatic heterocycles. The number of nitriles is 1. The van der Waals surface area contributed by atoms with E-state index >= 15 is 0 Å². The molecule has 0 radical (unpaired) electrons. The van der Waals surface area contributed by atoms with E-state index in [9.17, 15) is 4.79 Å². The van der Waals surface area contributed by atoms with Crippen LogP contribution in [0.15, 0.2) is 48.5 Å². The Morgan fingerprint density at radius 1 is 1.16 bits per heavy atom. The lowest BCUT2D eigenvalue weighted by molar-refractivity contribution is -0.133. The van der Waals surface area contributed by atoms with Gasteiger partial charge in [-0.2, -0.15) is 10.4 Å². The predicted octanol–water partition coefficient (Wildman–Crippen LogP) is 3.52. The van der Waals surface area contributed by atoms with Crippen molar-refractivity contribution in [2.45, 2.75) is 26.4 Å². The third-order valence-electron chi connectivity index (χ3n) is 5.80. The predicted molar refractivity (Wildman–Crippen MR) is 125 cm³/mol. The van der Waals surface area contributed by atoms with E-state index in [0.717, 1.165) is 49.7 Å². The summed E-state index contributed by atoms with van der Waals surface area (Å²) in [6, 6.07) is 17.9. The molecular formula is C24H26N6OS. The summed E-state index contributed by atoms with van der Waals surface area (Å²) < 4.78 is 2.44. The highest BCUT2D eigenvalue weighted by Gasteiger charge is 2.21. The standard InChI is InChI=1S/C24H26N6OS/c1-18-3-2-4-21(15-18)23-26-27-24(32)30(23)10-9-22(31)29-13-11-28(12-14-29)17-20-7-5-19(16-25)6-8-20/h2-8,15H,9-14,17H2,1H3,(H,27,32). The van der Waals surface area contributed by atoms with Crippen molar-refractivity contribution >= 4 is 18.1 Å². The van der Waals surface area contributed by atoms with Crippen LogP contribution in [0.25, 0.3) is 11.4 Å². The van der Waals surface area contributed by atoms with Crippen molar-refractivity contribution in [3.05, 3.63) is 70.0 Å². The molecule has 1 aliphatic rings. The molecule has 1 amide bonds. The highest BCUT2D eigenvalue weighted by atomic mass is 32.1. The lowest BCUT2D eigenvalue weighted by Crippen LogP contribution is -2.48. The minimum atomic E-state index is 0.140. The molecule has 1 saturated heterocycles. The van der Waals surface area contributed by atoms with Crippen molar-refractivity contribution in [3.63, 3.8) is 0 Å². The minimum Gasteiger partial charge on any atom is -0.340 e. The zero-order chi connectivity index (χ0) is 22.5. The Kier molecular flexibility index (Phi) is 6.78. The van der Waals surface area contributed by atoms with Crippen molar-refractivity contribution in [1.82, 2.24) is 24.6 Å². The molecule has 1 aromatic heterocycles. The molecule has 2 heterocycles. The molecule has 0 spiro atoms. The molecule has 164 valence electrons. The maximum Gasteiger partial charge on any atom is 0.224 e. The molecule has 1 N–H and O–H groups in total. The van der Waals surface area contributed by atoms with E-state index < -0.39 is 0 Å². The third kappa shape index (κ3) is 5.13. The van der Waals surface area contributed by atoms with E-state index in [1.807, 2.05) is 58.9 Å². The Labute approximate surface area is 192 Å². The van der Waals surface area contributed by atoms with Crippen LogP contribution in [-0.2, 0) is 17.9 Å². The monoisotopic (exact) mass is 446 g/mol. The van der Waals surface area contributed by atoms with Crippen LogP contribution < -0.4 is 0 Å². The third-order valence-corrected chi connectivity index (χ3v) is 6.11. The van der Waals surface area contributed by atoms with Gasteiger partial charge < -0.3 is 4.90 Å². The van der Waals surface area contributed by atoms with Crippen LogP contribution in [0.3, 0.4) is 0 Å². The number of rotatable bonds is 6. The molecule has 1 fully saturated rings. The van der Waals surface area contributed by atoms with Crippen molar-refractivity contribution in [3.8, 4) is 17.5 Å². The number of nitrogens with one attached hydrogen (secondary N) is 1. The second-order valence-corrected chi connectivity index (χ2v) is 8.48. The molecule has 2 aromatic carbocycles. The second kappa shape index (κ2) is 9.90.